The van der Waals surface area contributed by atoms with Crippen molar-refractivity contribution in [3.63, 3.8) is 0 Å². The van der Waals surface area contributed by atoms with Gasteiger partial charge in [-0.2, -0.15) is 74.6 Å². The van der Waals surface area contributed by atoms with Gasteiger partial charge in [0.1, 0.15) is 0 Å². The van der Waals surface area contributed by atoms with Gasteiger partial charge in [0.15, 0.2) is 11.4 Å². The average Bonchev–Trinajstić information content (AvgIpc) is 2.67. The highest BCUT2D eigenvalue weighted by atomic mass is 19.4. The first kappa shape index (κ1) is 32.9. The van der Waals surface area contributed by atoms with Gasteiger partial charge in [-0.25, -0.2) is 0 Å². The van der Waals surface area contributed by atoms with Gasteiger partial charge >= 0.3 is 47.6 Å². The Morgan fingerprint density at radius 2 is 0.919 bits per heavy atom. The van der Waals surface area contributed by atoms with Gasteiger partial charge in [0.2, 0.25) is 0 Å². The number of carbonyl (C=O) groups is 1. The van der Waals surface area contributed by atoms with Gasteiger partial charge < -0.3 is 5.11 Å². The standard InChI is InChI=1S/C18H13F17O2/c1-9(2,3)7-6-10(37,5-4-8(7)36)11(19,20)12(21,22)13(23,24)14(25,26)15(27,28)16(29,30)17(31,32)18(33,34)35/h4-6,37H,1-3H3. The fraction of sp³-hybridized carbons (Fsp3) is 0.722. The number of aliphatic hydroxyl groups is 1. The molecule has 1 N–H and O–H groups in total. The minimum atomic E-state index is -8.77. The Balaban J connectivity index is 3.84. The van der Waals surface area contributed by atoms with Crippen molar-refractivity contribution in [2.24, 2.45) is 5.41 Å². The quantitative estimate of drug-likeness (QED) is 0.333. The highest BCUT2D eigenvalue weighted by molar-refractivity contribution is 6.06. The minimum Gasteiger partial charge on any atom is -0.375 e. The van der Waals surface area contributed by atoms with Crippen molar-refractivity contribution < 1.29 is 84.5 Å². The topological polar surface area (TPSA) is 37.3 Å². The maximum Gasteiger partial charge on any atom is 0.460 e. The SMILES string of the molecule is CC(C)(C)C1=CC(O)(C(F)(F)C(F)(F)C(F)(F)C(F)(F)C(F)(F)C(F)(F)C(F)(F)C(F)(F)F)C=CC1=O. The lowest BCUT2D eigenvalue weighted by atomic mass is 9.74. The normalized spacial score (nSPS) is 21.9. The van der Waals surface area contributed by atoms with Crippen LogP contribution in [-0.2, 0) is 4.79 Å². The molecule has 0 saturated heterocycles. The summed E-state index contributed by atoms with van der Waals surface area (Å²) in [7, 11) is 0. The molecule has 0 aliphatic heterocycles. The monoisotopic (exact) mass is 584 g/mol. The fourth-order valence-electron chi connectivity index (χ4n) is 2.83. The van der Waals surface area contributed by atoms with Gasteiger partial charge in [-0.15, -0.1) is 0 Å². The molecule has 0 aromatic rings. The van der Waals surface area contributed by atoms with E-state index in [9.17, 15) is 84.5 Å². The Hall–Kier alpha value is -2.08. The summed E-state index contributed by atoms with van der Waals surface area (Å²) in [6.45, 7) is 3.00. The third-order valence-corrected chi connectivity index (χ3v) is 5.15. The molecule has 37 heavy (non-hydrogen) atoms. The lowest BCUT2D eigenvalue weighted by molar-refractivity contribution is -0.465. The van der Waals surface area contributed by atoms with Crippen molar-refractivity contribution in [3.05, 3.63) is 23.8 Å². The number of hydrogen-bond acceptors (Lipinski definition) is 2. The maximum atomic E-state index is 14.5. The molecule has 0 amide bonds. The number of alkyl halides is 17. The second kappa shape index (κ2) is 8.21. The highest BCUT2D eigenvalue weighted by Gasteiger charge is 2.96. The van der Waals surface area contributed by atoms with E-state index in [1.807, 2.05) is 0 Å². The van der Waals surface area contributed by atoms with E-state index in [2.05, 4.69) is 0 Å². The molecule has 0 saturated carbocycles. The first-order valence-electron chi connectivity index (χ1n) is 9.13. The van der Waals surface area contributed by atoms with Gasteiger partial charge in [-0.3, -0.25) is 4.79 Å². The summed E-state index contributed by atoms with van der Waals surface area (Å²) < 4.78 is 229. The van der Waals surface area contributed by atoms with Crippen LogP contribution in [0.15, 0.2) is 23.8 Å². The summed E-state index contributed by atoms with van der Waals surface area (Å²) in [5, 5.41) is 9.89. The van der Waals surface area contributed by atoms with Gasteiger partial charge in [0, 0.05) is 5.57 Å². The van der Waals surface area contributed by atoms with Crippen LogP contribution in [-0.4, -0.2) is 64.1 Å². The second-order valence-electron chi connectivity index (χ2n) is 8.85. The Morgan fingerprint density at radius 1 is 0.595 bits per heavy atom. The van der Waals surface area contributed by atoms with Gasteiger partial charge in [-0.1, -0.05) is 20.8 Å². The third kappa shape index (κ3) is 4.18. The van der Waals surface area contributed by atoms with E-state index in [0.29, 0.717) is 0 Å². The van der Waals surface area contributed by atoms with Crippen molar-refractivity contribution in [2.45, 2.75) is 74.0 Å². The van der Waals surface area contributed by atoms with Gasteiger partial charge in [-0.05, 0) is 23.6 Å². The fourth-order valence-corrected chi connectivity index (χ4v) is 2.83. The van der Waals surface area contributed by atoms with E-state index in [1.165, 1.54) is 0 Å². The number of halogens is 17. The average molecular weight is 584 g/mol. The van der Waals surface area contributed by atoms with Crippen molar-refractivity contribution in [1.82, 2.24) is 0 Å². The molecule has 0 spiro atoms. The molecular weight excluding hydrogens is 571 g/mol. The zero-order valence-electron chi connectivity index (χ0n) is 18.0. The molecule has 0 aromatic heterocycles. The molecule has 0 fully saturated rings. The molecule has 1 rings (SSSR count). The highest BCUT2D eigenvalue weighted by Crippen LogP contribution is 2.65. The number of rotatable bonds is 7. The summed E-state index contributed by atoms with van der Waals surface area (Å²) in [5.74, 6) is -59.5. The van der Waals surface area contributed by atoms with E-state index >= 15 is 0 Å². The molecule has 0 bridgehead atoms. The Morgan fingerprint density at radius 3 is 1.24 bits per heavy atom. The van der Waals surface area contributed by atoms with E-state index < -0.39 is 82.2 Å². The number of allylic oxidation sites excluding steroid dienone is 2. The largest absolute Gasteiger partial charge is 0.460 e. The molecule has 1 unspecified atom stereocenters. The lowest BCUT2D eigenvalue weighted by Gasteiger charge is -2.45. The Bertz CT molecular complexity index is 981. The summed E-state index contributed by atoms with van der Waals surface area (Å²) >= 11 is 0. The van der Waals surface area contributed by atoms with Crippen LogP contribution in [0.3, 0.4) is 0 Å². The molecule has 1 atom stereocenters. The van der Waals surface area contributed by atoms with Crippen LogP contribution in [0, 0.1) is 5.41 Å². The van der Waals surface area contributed by atoms with E-state index in [0.717, 1.165) is 20.8 Å². The maximum absolute atomic E-state index is 14.5. The summed E-state index contributed by atoms with van der Waals surface area (Å²) in [6.07, 6.45) is -9.22. The minimum absolute atomic E-state index is 0.145. The molecule has 1 aliphatic carbocycles. The van der Waals surface area contributed by atoms with Gasteiger partial charge in [0.05, 0.1) is 0 Å². The first-order chi connectivity index (χ1) is 15.7. The molecule has 0 radical (unpaired) electrons. The van der Waals surface area contributed by atoms with Crippen LogP contribution in [0.1, 0.15) is 20.8 Å². The molecule has 216 valence electrons. The smallest absolute Gasteiger partial charge is 0.375 e. The van der Waals surface area contributed by atoms with E-state index in [-0.39, 0.29) is 6.08 Å². The zero-order valence-corrected chi connectivity index (χ0v) is 18.0. The molecular formula is C18H13F17O2. The molecule has 1 aliphatic rings. The summed E-state index contributed by atoms with van der Waals surface area (Å²) in [4.78, 5) is 11.8. The van der Waals surface area contributed by atoms with Crippen LogP contribution < -0.4 is 0 Å². The van der Waals surface area contributed by atoms with Crippen molar-refractivity contribution >= 4 is 5.78 Å². The lowest BCUT2D eigenvalue weighted by Crippen LogP contribution is -2.76. The molecule has 19 heteroatoms. The molecule has 0 heterocycles. The van der Waals surface area contributed by atoms with Crippen molar-refractivity contribution in [3.8, 4) is 0 Å². The van der Waals surface area contributed by atoms with Crippen LogP contribution in [0.2, 0.25) is 0 Å². The Labute approximate surface area is 194 Å². The number of hydrogen-bond donors (Lipinski definition) is 1. The van der Waals surface area contributed by atoms with Crippen molar-refractivity contribution in [1.29, 1.82) is 0 Å². The summed E-state index contributed by atoms with van der Waals surface area (Å²) in [6, 6.07) is 0. The number of carbonyl (C=O) groups excluding carboxylic acids is 1. The zero-order chi connectivity index (χ0) is 30.3. The van der Waals surface area contributed by atoms with Crippen LogP contribution >= 0.6 is 0 Å². The molecule has 0 aromatic carbocycles. The van der Waals surface area contributed by atoms with Crippen molar-refractivity contribution in [2.75, 3.05) is 0 Å². The predicted octanol–water partition coefficient (Wildman–Crippen LogP) is 6.84. The number of ketones is 1. The summed E-state index contributed by atoms with van der Waals surface area (Å²) in [5.41, 5.74) is -7.61. The van der Waals surface area contributed by atoms with E-state index in [1.54, 1.807) is 0 Å². The third-order valence-electron chi connectivity index (χ3n) is 5.15. The predicted molar refractivity (Wildman–Crippen MR) is 87.3 cm³/mol. The van der Waals surface area contributed by atoms with Crippen LogP contribution in [0.25, 0.3) is 0 Å². The van der Waals surface area contributed by atoms with E-state index in [4.69, 9.17) is 0 Å². The van der Waals surface area contributed by atoms with Gasteiger partial charge in [0.25, 0.3) is 0 Å². The first-order valence-corrected chi connectivity index (χ1v) is 9.13. The van der Waals surface area contributed by atoms with Crippen LogP contribution in [0.5, 0.6) is 0 Å². The van der Waals surface area contributed by atoms with Crippen LogP contribution in [0.4, 0.5) is 74.6 Å². The molecule has 2 nitrogen and oxygen atoms in total. The second-order valence-corrected chi connectivity index (χ2v) is 8.85. The Kier molecular flexibility index (Phi) is 7.31.